The minimum Gasteiger partial charge on any atom is -0.497 e. The molecule has 2 nitrogen and oxygen atoms in total. The van der Waals surface area contributed by atoms with E-state index in [2.05, 4.69) is 27.7 Å². The van der Waals surface area contributed by atoms with Crippen molar-refractivity contribution in [3.8, 4) is 0 Å². The Kier molecular flexibility index (Phi) is 4.60. The molecule has 2 atom stereocenters. The van der Waals surface area contributed by atoms with Crippen LogP contribution < -0.4 is 0 Å². The van der Waals surface area contributed by atoms with E-state index in [1.807, 2.05) is 0 Å². The zero-order chi connectivity index (χ0) is 12.3. The van der Waals surface area contributed by atoms with Crippen molar-refractivity contribution in [2.24, 2.45) is 5.92 Å². The summed E-state index contributed by atoms with van der Waals surface area (Å²) in [7, 11) is 3.56. The molecule has 0 saturated heterocycles. The van der Waals surface area contributed by atoms with Gasteiger partial charge in [0.2, 0.25) is 0 Å². The average molecular weight is 224 g/mol. The third-order valence-electron chi connectivity index (χ3n) is 3.63. The molecule has 0 fully saturated rings. The molecule has 0 aromatic rings. The number of hydrogen-bond acceptors (Lipinski definition) is 2. The molecule has 0 amide bonds. The van der Waals surface area contributed by atoms with Crippen molar-refractivity contribution in [1.82, 2.24) is 0 Å². The Morgan fingerprint density at radius 2 is 1.81 bits per heavy atom. The van der Waals surface area contributed by atoms with Crippen LogP contribution in [0.1, 0.15) is 40.5 Å². The predicted octanol–water partition coefficient (Wildman–Crippen LogP) is 3.69. The number of ether oxygens (including phenoxy) is 2. The highest BCUT2D eigenvalue weighted by molar-refractivity contribution is 5.41. The molecule has 2 heteroatoms. The van der Waals surface area contributed by atoms with Gasteiger partial charge in [0, 0.05) is 13.0 Å². The van der Waals surface area contributed by atoms with E-state index in [0.717, 1.165) is 18.6 Å². The summed E-state index contributed by atoms with van der Waals surface area (Å²) in [5.74, 6) is 1.50. The van der Waals surface area contributed by atoms with E-state index in [-0.39, 0.29) is 6.10 Å². The molecular weight excluding hydrogens is 200 g/mol. The molecule has 0 saturated carbocycles. The lowest BCUT2D eigenvalue weighted by atomic mass is 9.80. The largest absolute Gasteiger partial charge is 0.497 e. The van der Waals surface area contributed by atoms with Crippen molar-refractivity contribution in [3.63, 3.8) is 0 Å². The third-order valence-corrected chi connectivity index (χ3v) is 3.63. The standard InChI is InChI=1S/C14H24O2/c1-7-8-12-11(4)13(15-5)9(2)10(3)14(12)16-6/h11,13H,7-8H2,1-6H3. The van der Waals surface area contributed by atoms with Crippen molar-refractivity contribution in [1.29, 1.82) is 0 Å². The zero-order valence-corrected chi connectivity index (χ0v) is 11.4. The first kappa shape index (κ1) is 13.3. The van der Waals surface area contributed by atoms with Crippen molar-refractivity contribution >= 4 is 0 Å². The van der Waals surface area contributed by atoms with E-state index in [0.29, 0.717) is 5.92 Å². The monoisotopic (exact) mass is 224 g/mol. The summed E-state index contributed by atoms with van der Waals surface area (Å²) in [4.78, 5) is 0. The Bertz CT molecular complexity index is 313. The lowest BCUT2D eigenvalue weighted by molar-refractivity contribution is 0.0905. The van der Waals surface area contributed by atoms with Gasteiger partial charge in [0.05, 0.1) is 13.2 Å². The molecule has 0 radical (unpaired) electrons. The van der Waals surface area contributed by atoms with Crippen molar-refractivity contribution in [3.05, 3.63) is 22.5 Å². The molecule has 1 rings (SSSR count). The van der Waals surface area contributed by atoms with Gasteiger partial charge in [-0.05, 0) is 37.0 Å². The fraction of sp³-hybridized carbons (Fsp3) is 0.714. The molecule has 0 bridgehead atoms. The van der Waals surface area contributed by atoms with Crippen LogP contribution in [0.2, 0.25) is 0 Å². The Hall–Kier alpha value is -0.760. The molecule has 16 heavy (non-hydrogen) atoms. The molecule has 0 N–H and O–H groups in total. The maximum atomic E-state index is 5.61. The van der Waals surface area contributed by atoms with E-state index >= 15 is 0 Å². The molecule has 0 aromatic carbocycles. The summed E-state index contributed by atoms with van der Waals surface area (Å²) in [6, 6.07) is 0. The Morgan fingerprint density at radius 1 is 1.19 bits per heavy atom. The van der Waals surface area contributed by atoms with Gasteiger partial charge in [0.1, 0.15) is 5.76 Å². The highest BCUT2D eigenvalue weighted by atomic mass is 16.5. The Labute approximate surface area is 99.3 Å². The molecule has 1 aliphatic carbocycles. The minimum atomic E-state index is 0.209. The minimum absolute atomic E-state index is 0.209. The first-order valence-corrected chi connectivity index (χ1v) is 6.06. The first-order chi connectivity index (χ1) is 7.58. The molecule has 0 aliphatic heterocycles. The Balaban J connectivity index is 3.19. The van der Waals surface area contributed by atoms with E-state index in [1.165, 1.54) is 16.7 Å². The quantitative estimate of drug-likeness (QED) is 0.725. The van der Waals surface area contributed by atoms with Gasteiger partial charge in [-0.2, -0.15) is 0 Å². The highest BCUT2D eigenvalue weighted by Crippen LogP contribution is 2.38. The van der Waals surface area contributed by atoms with E-state index in [4.69, 9.17) is 9.47 Å². The van der Waals surface area contributed by atoms with Gasteiger partial charge in [0.15, 0.2) is 0 Å². The molecule has 0 aromatic heterocycles. The molecule has 1 aliphatic rings. The number of allylic oxidation sites excluding steroid dienone is 1. The molecule has 92 valence electrons. The van der Waals surface area contributed by atoms with Crippen LogP contribution in [-0.2, 0) is 9.47 Å². The van der Waals surface area contributed by atoms with Gasteiger partial charge in [-0.25, -0.2) is 0 Å². The van der Waals surface area contributed by atoms with Crippen molar-refractivity contribution < 1.29 is 9.47 Å². The smallest absolute Gasteiger partial charge is 0.121 e. The van der Waals surface area contributed by atoms with E-state index in [9.17, 15) is 0 Å². The number of methoxy groups -OCH3 is 2. The molecule has 2 unspecified atom stereocenters. The predicted molar refractivity (Wildman–Crippen MR) is 67.3 cm³/mol. The highest BCUT2D eigenvalue weighted by Gasteiger charge is 2.31. The van der Waals surface area contributed by atoms with Crippen LogP contribution in [-0.4, -0.2) is 20.3 Å². The van der Waals surface area contributed by atoms with Crippen molar-refractivity contribution in [2.75, 3.05) is 14.2 Å². The summed E-state index contributed by atoms with van der Waals surface area (Å²) in [5, 5.41) is 0. The van der Waals surface area contributed by atoms with Gasteiger partial charge in [-0.3, -0.25) is 0 Å². The number of hydrogen-bond donors (Lipinski definition) is 0. The van der Waals surface area contributed by atoms with Crippen molar-refractivity contribution in [2.45, 2.75) is 46.6 Å². The van der Waals surface area contributed by atoms with Gasteiger partial charge in [0.25, 0.3) is 0 Å². The molecular formula is C14H24O2. The second-order valence-corrected chi connectivity index (χ2v) is 4.56. The van der Waals surface area contributed by atoms with Crippen LogP contribution in [0.3, 0.4) is 0 Å². The van der Waals surface area contributed by atoms with Crippen LogP contribution in [0.5, 0.6) is 0 Å². The van der Waals surface area contributed by atoms with Gasteiger partial charge in [-0.1, -0.05) is 20.3 Å². The van der Waals surface area contributed by atoms with E-state index < -0.39 is 0 Å². The van der Waals surface area contributed by atoms with Crippen LogP contribution in [0, 0.1) is 5.92 Å². The second-order valence-electron chi connectivity index (χ2n) is 4.56. The maximum absolute atomic E-state index is 5.61. The third kappa shape index (κ3) is 2.17. The van der Waals surface area contributed by atoms with Crippen LogP contribution in [0.4, 0.5) is 0 Å². The SMILES string of the molecule is CCCC1=C(OC)C(C)=C(C)C(OC)C1C. The summed E-state index contributed by atoms with van der Waals surface area (Å²) in [6.45, 7) is 8.70. The summed E-state index contributed by atoms with van der Waals surface area (Å²) in [5.41, 5.74) is 3.95. The van der Waals surface area contributed by atoms with Crippen LogP contribution in [0.15, 0.2) is 22.5 Å². The molecule has 0 spiro atoms. The van der Waals surface area contributed by atoms with Crippen LogP contribution >= 0.6 is 0 Å². The van der Waals surface area contributed by atoms with Gasteiger partial charge < -0.3 is 9.47 Å². The summed E-state index contributed by atoms with van der Waals surface area (Å²) >= 11 is 0. The second kappa shape index (κ2) is 5.53. The lowest BCUT2D eigenvalue weighted by Gasteiger charge is -2.33. The van der Waals surface area contributed by atoms with Gasteiger partial charge >= 0.3 is 0 Å². The number of rotatable bonds is 4. The van der Waals surface area contributed by atoms with Gasteiger partial charge in [-0.15, -0.1) is 0 Å². The average Bonchev–Trinajstić information content (AvgIpc) is 2.27. The maximum Gasteiger partial charge on any atom is 0.121 e. The summed E-state index contributed by atoms with van der Waals surface area (Å²) in [6.07, 6.45) is 2.45. The van der Waals surface area contributed by atoms with E-state index in [1.54, 1.807) is 14.2 Å². The molecule has 0 heterocycles. The first-order valence-electron chi connectivity index (χ1n) is 6.06. The normalized spacial score (nSPS) is 26.4. The Morgan fingerprint density at radius 3 is 2.25 bits per heavy atom. The zero-order valence-electron chi connectivity index (χ0n) is 11.4. The fourth-order valence-electron chi connectivity index (χ4n) is 2.67. The lowest BCUT2D eigenvalue weighted by Crippen LogP contribution is -2.29. The summed E-state index contributed by atoms with van der Waals surface area (Å²) < 4.78 is 11.2. The fourth-order valence-corrected chi connectivity index (χ4v) is 2.67. The topological polar surface area (TPSA) is 18.5 Å². The van der Waals surface area contributed by atoms with Crippen LogP contribution in [0.25, 0.3) is 0 Å².